The number of carbonyl (C=O) groups is 2. The Kier molecular flexibility index (Phi) is 3.24. The lowest BCUT2D eigenvalue weighted by Gasteiger charge is -2.10. The Bertz CT molecular complexity index is 320. The minimum absolute atomic E-state index is 0.254. The zero-order chi connectivity index (χ0) is 10.6. The van der Waals surface area contributed by atoms with Crippen LogP contribution in [-0.4, -0.2) is 39.7 Å². The monoisotopic (exact) mass is 198 g/mol. The third-order valence-electron chi connectivity index (χ3n) is 1.63. The maximum Gasteiger partial charge on any atom is 0.328 e. The van der Waals surface area contributed by atoms with E-state index in [1.807, 2.05) is 0 Å². The van der Waals surface area contributed by atoms with Crippen LogP contribution in [0.25, 0.3) is 0 Å². The third-order valence-corrected chi connectivity index (χ3v) is 1.63. The van der Waals surface area contributed by atoms with Crippen molar-refractivity contribution in [2.75, 3.05) is 6.61 Å². The quantitative estimate of drug-likeness (QED) is 0.508. The fourth-order valence-corrected chi connectivity index (χ4v) is 0.893. The number of aliphatic hydroxyl groups excluding tert-OH is 1. The van der Waals surface area contributed by atoms with Crippen LogP contribution >= 0.6 is 0 Å². The molecule has 1 amide bonds. The number of amides is 1. The summed E-state index contributed by atoms with van der Waals surface area (Å²) in [5.74, 6) is -1.83. The number of nitrogens with one attached hydrogen (secondary N) is 2. The minimum Gasteiger partial charge on any atom is -0.480 e. The summed E-state index contributed by atoms with van der Waals surface area (Å²) in [6, 6.07) is 1.85. The van der Waals surface area contributed by atoms with E-state index in [1.54, 1.807) is 12.3 Å². The van der Waals surface area contributed by atoms with Crippen LogP contribution in [0.4, 0.5) is 0 Å². The number of aromatic amines is 1. The molecule has 0 aliphatic rings. The molecule has 0 saturated carbocycles. The van der Waals surface area contributed by atoms with Crippen molar-refractivity contribution in [1.29, 1.82) is 0 Å². The number of carboxylic acids is 1. The molecule has 1 atom stereocenters. The van der Waals surface area contributed by atoms with E-state index in [1.165, 1.54) is 6.07 Å². The third kappa shape index (κ3) is 2.33. The van der Waals surface area contributed by atoms with Crippen molar-refractivity contribution in [3.8, 4) is 0 Å². The smallest absolute Gasteiger partial charge is 0.328 e. The molecule has 0 aliphatic heterocycles. The highest BCUT2D eigenvalue weighted by atomic mass is 16.4. The molecule has 6 heteroatoms. The Balaban J connectivity index is 2.60. The van der Waals surface area contributed by atoms with Crippen molar-refractivity contribution >= 4 is 11.9 Å². The maximum absolute atomic E-state index is 11.3. The summed E-state index contributed by atoms with van der Waals surface area (Å²) in [4.78, 5) is 24.3. The number of hydrogen-bond acceptors (Lipinski definition) is 3. The van der Waals surface area contributed by atoms with Crippen molar-refractivity contribution in [1.82, 2.24) is 10.3 Å². The minimum atomic E-state index is -1.27. The predicted octanol–water partition coefficient (Wildman–Crippen LogP) is -0.810. The molecule has 0 radical (unpaired) electrons. The number of aliphatic hydroxyl groups is 1. The first-order valence-corrected chi connectivity index (χ1v) is 3.93. The molecule has 1 unspecified atom stereocenters. The van der Waals surface area contributed by atoms with Gasteiger partial charge in [0.05, 0.1) is 6.61 Å². The average Bonchev–Trinajstić information content (AvgIpc) is 2.65. The van der Waals surface area contributed by atoms with E-state index >= 15 is 0 Å². The highest BCUT2D eigenvalue weighted by Crippen LogP contribution is 1.95. The first-order chi connectivity index (χ1) is 6.65. The van der Waals surface area contributed by atoms with Gasteiger partial charge in [0.25, 0.3) is 5.91 Å². The zero-order valence-corrected chi connectivity index (χ0v) is 7.23. The second-order valence-electron chi connectivity index (χ2n) is 2.63. The molecule has 0 fully saturated rings. The van der Waals surface area contributed by atoms with Crippen LogP contribution in [-0.2, 0) is 4.79 Å². The van der Waals surface area contributed by atoms with Gasteiger partial charge in [0.15, 0.2) is 6.04 Å². The zero-order valence-electron chi connectivity index (χ0n) is 7.23. The summed E-state index contributed by atoms with van der Waals surface area (Å²) in [7, 11) is 0. The molecule has 0 saturated heterocycles. The van der Waals surface area contributed by atoms with Gasteiger partial charge in [0.1, 0.15) is 5.69 Å². The summed E-state index contributed by atoms with van der Waals surface area (Å²) in [5.41, 5.74) is 0.254. The normalized spacial score (nSPS) is 12.1. The van der Waals surface area contributed by atoms with Gasteiger partial charge in [-0.2, -0.15) is 0 Å². The van der Waals surface area contributed by atoms with Crippen LogP contribution in [0, 0.1) is 0 Å². The molecule has 0 aliphatic carbocycles. The van der Waals surface area contributed by atoms with Gasteiger partial charge in [-0.15, -0.1) is 0 Å². The van der Waals surface area contributed by atoms with E-state index in [0.717, 1.165) is 0 Å². The van der Waals surface area contributed by atoms with Gasteiger partial charge in [-0.1, -0.05) is 0 Å². The van der Waals surface area contributed by atoms with Crippen molar-refractivity contribution in [3.63, 3.8) is 0 Å². The van der Waals surface area contributed by atoms with E-state index < -0.39 is 24.5 Å². The van der Waals surface area contributed by atoms with Gasteiger partial charge < -0.3 is 20.5 Å². The second kappa shape index (κ2) is 4.43. The van der Waals surface area contributed by atoms with Crippen LogP contribution in [0.1, 0.15) is 10.5 Å². The fraction of sp³-hybridized carbons (Fsp3) is 0.250. The van der Waals surface area contributed by atoms with Crippen molar-refractivity contribution < 1.29 is 19.8 Å². The van der Waals surface area contributed by atoms with Crippen molar-refractivity contribution in [2.45, 2.75) is 6.04 Å². The predicted molar refractivity (Wildman–Crippen MR) is 46.8 cm³/mol. The van der Waals surface area contributed by atoms with Crippen LogP contribution in [0.15, 0.2) is 18.3 Å². The molecule has 1 aromatic heterocycles. The summed E-state index contributed by atoms with van der Waals surface area (Å²) >= 11 is 0. The molecule has 0 aromatic carbocycles. The lowest BCUT2D eigenvalue weighted by atomic mass is 10.3. The molecule has 1 rings (SSSR count). The van der Waals surface area contributed by atoms with Crippen LogP contribution in [0.5, 0.6) is 0 Å². The molecule has 1 aromatic rings. The summed E-state index contributed by atoms with van der Waals surface area (Å²) in [6.45, 7) is -0.637. The van der Waals surface area contributed by atoms with E-state index in [9.17, 15) is 9.59 Å². The lowest BCUT2D eigenvalue weighted by Crippen LogP contribution is -2.43. The van der Waals surface area contributed by atoms with Crippen molar-refractivity contribution in [2.24, 2.45) is 0 Å². The van der Waals surface area contributed by atoms with E-state index in [-0.39, 0.29) is 5.69 Å². The fourth-order valence-electron chi connectivity index (χ4n) is 0.893. The van der Waals surface area contributed by atoms with E-state index in [4.69, 9.17) is 10.2 Å². The number of carbonyl (C=O) groups excluding carboxylic acids is 1. The Morgan fingerprint density at radius 3 is 2.71 bits per heavy atom. The Morgan fingerprint density at radius 1 is 1.57 bits per heavy atom. The first kappa shape index (κ1) is 10.3. The molecule has 6 nitrogen and oxygen atoms in total. The van der Waals surface area contributed by atoms with Crippen molar-refractivity contribution in [3.05, 3.63) is 24.0 Å². The van der Waals surface area contributed by atoms with Crippen LogP contribution in [0.2, 0.25) is 0 Å². The van der Waals surface area contributed by atoms with E-state index in [0.29, 0.717) is 0 Å². The summed E-state index contributed by atoms with van der Waals surface area (Å²) in [6.07, 6.45) is 1.55. The van der Waals surface area contributed by atoms with Crippen LogP contribution < -0.4 is 5.32 Å². The van der Waals surface area contributed by atoms with Gasteiger partial charge in [-0.05, 0) is 12.1 Å². The molecule has 0 spiro atoms. The molecule has 14 heavy (non-hydrogen) atoms. The topological polar surface area (TPSA) is 102 Å². The van der Waals surface area contributed by atoms with Crippen LogP contribution in [0.3, 0.4) is 0 Å². The summed E-state index contributed by atoms with van der Waals surface area (Å²) in [5, 5.41) is 19.3. The SMILES string of the molecule is O=C(NC(CO)C(=O)O)c1ccc[nH]1. The number of carboxylic acid groups (broad SMARTS) is 1. The van der Waals surface area contributed by atoms with Gasteiger partial charge in [0.2, 0.25) is 0 Å². The average molecular weight is 198 g/mol. The highest BCUT2D eigenvalue weighted by molar-refractivity contribution is 5.95. The molecule has 0 bridgehead atoms. The number of aliphatic carboxylic acids is 1. The standard InChI is InChI=1S/C8H10N2O4/c11-4-6(8(13)14)10-7(12)5-2-1-3-9-5/h1-3,6,9,11H,4H2,(H,10,12)(H,13,14). The maximum atomic E-state index is 11.3. The number of rotatable bonds is 4. The Hall–Kier alpha value is -1.82. The van der Waals surface area contributed by atoms with Gasteiger partial charge in [-0.25, -0.2) is 4.79 Å². The number of H-pyrrole nitrogens is 1. The molecule has 4 N–H and O–H groups in total. The highest BCUT2D eigenvalue weighted by Gasteiger charge is 2.19. The second-order valence-corrected chi connectivity index (χ2v) is 2.63. The van der Waals surface area contributed by atoms with Gasteiger partial charge in [-0.3, -0.25) is 4.79 Å². The Labute approximate surface area is 79.6 Å². The van der Waals surface area contributed by atoms with Gasteiger partial charge >= 0.3 is 5.97 Å². The first-order valence-electron chi connectivity index (χ1n) is 3.93. The molecular formula is C8H10N2O4. The van der Waals surface area contributed by atoms with Gasteiger partial charge in [0, 0.05) is 6.20 Å². The molecule has 76 valence electrons. The molecular weight excluding hydrogens is 188 g/mol. The lowest BCUT2D eigenvalue weighted by molar-refractivity contribution is -0.140. The summed E-state index contributed by atoms with van der Waals surface area (Å²) < 4.78 is 0. The number of hydrogen-bond donors (Lipinski definition) is 4. The molecule has 1 heterocycles. The largest absolute Gasteiger partial charge is 0.480 e. The number of aromatic nitrogens is 1. The van der Waals surface area contributed by atoms with E-state index in [2.05, 4.69) is 10.3 Å². The Morgan fingerprint density at radius 2 is 2.29 bits per heavy atom.